The highest BCUT2D eigenvalue weighted by molar-refractivity contribution is 5.97. The Morgan fingerprint density at radius 1 is 1.15 bits per heavy atom. The van der Waals surface area contributed by atoms with Gasteiger partial charge in [0.1, 0.15) is 11.6 Å². The molecule has 0 N–H and O–H groups in total. The van der Waals surface area contributed by atoms with Crippen LogP contribution in [0, 0.1) is 0 Å². The molecule has 1 atom stereocenters. The van der Waals surface area contributed by atoms with Gasteiger partial charge in [-0.05, 0) is 42.8 Å². The molecule has 0 saturated carbocycles. The molecule has 1 saturated heterocycles. The molecule has 0 spiro atoms. The van der Waals surface area contributed by atoms with E-state index in [0.29, 0.717) is 6.54 Å². The molecule has 1 aromatic heterocycles. The fourth-order valence-corrected chi connectivity index (χ4v) is 3.16. The van der Waals surface area contributed by atoms with E-state index in [0.717, 1.165) is 35.9 Å². The van der Waals surface area contributed by atoms with Crippen LogP contribution in [0.4, 0.5) is 11.5 Å². The van der Waals surface area contributed by atoms with Crippen LogP contribution in [0.15, 0.2) is 42.6 Å². The van der Waals surface area contributed by atoms with Crippen molar-refractivity contribution >= 4 is 17.4 Å². The van der Waals surface area contributed by atoms with Crippen LogP contribution in [0.5, 0.6) is 5.75 Å². The molecule has 1 fully saturated rings. The molecule has 1 aliphatic heterocycles. The first-order valence-electron chi connectivity index (χ1n) is 8.81. The number of amides is 1. The lowest BCUT2D eigenvalue weighted by molar-refractivity contribution is -0.125. The second-order valence-corrected chi connectivity index (χ2v) is 6.75. The van der Waals surface area contributed by atoms with E-state index in [4.69, 9.17) is 4.74 Å². The zero-order chi connectivity index (χ0) is 18.7. The summed E-state index contributed by atoms with van der Waals surface area (Å²) in [7, 11) is 5.59. The predicted octanol–water partition coefficient (Wildman–Crippen LogP) is 2.39. The largest absolute Gasteiger partial charge is 0.497 e. The molecule has 0 unspecified atom stereocenters. The first-order valence-corrected chi connectivity index (χ1v) is 8.81. The van der Waals surface area contributed by atoms with E-state index in [2.05, 4.69) is 16.0 Å². The number of methoxy groups -OCH3 is 1. The summed E-state index contributed by atoms with van der Waals surface area (Å²) in [5.74, 6) is 1.85. The van der Waals surface area contributed by atoms with Crippen LogP contribution in [0.2, 0.25) is 0 Å². The number of pyridine rings is 1. The molecule has 1 amide bonds. The number of rotatable bonds is 5. The monoisotopic (exact) mass is 354 g/mol. The molecule has 1 aromatic carbocycles. The minimum absolute atomic E-state index is 0.124. The molecule has 26 heavy (non-hydrogen) atoms. The van der Waals surface area contributed by atoms with Gasteiger partial charge in [-0.15, -0.1) is 0 Å². The maximum Gasteiger partial charge on any atom is 0.244 e. The van der Waals surface area contributed by atoms with Gasteiger partial charge >= 0.3 is 0 Å². The van der Waals surface area contributed by atoms with E-state index in [1.54, 1.807) is 7.11 Å². The number of nitrogens with zero attached hydrogens (tertiary/aromatic N) is 4. The van der Waals surface area contributed by atoms with Gasteiger partial charge in [0.2, 0.25) is 5.91 Å². The molecule has 6 nitrogen and oxygen atoms in total. The van der Waals surface area contributed by atoms with Gasteiger partial charge in [-0.1, -0.05) is 6.07 Å². The second-order valence-electron chi connectivity index (χ2n) is 6.75. The molecule has 2 heterocycles. The van der Waals surface area contributed by atoms with Crippen molar-refractivity contribution in [1.82, 2.24) is 9.88 Å². The van der Waals surface area contributed by atoms with E-state index < -0.39 is 0 Å². The van der Waals surface area contributed by atoms with E-state index in [1.165, 1.54) is 0 Å². The average molecular weight is 354 g/mol. The lowest BCUT2D eigenvalue weighted by Crippen LogP contribution is -2.55. The van der Waals surface area contributed by atoms with Crippen molar-refractivity contribution in [1.29, 1.82) is 0 Å². The number of aromatic nitrogens is 1. The molecule has 0 bridgehead atoms. The standard InChI is InChI=1S/C20H26N4O2/c1-15-20(25)24(17-6-8-18(26-4)9-7-17)12-11-23(15)14-16-5-10-19(21-13-16)22(2)3/h5-10,13,15H,11-12,14H2,1-4H3/t15-/m1/s1. The number of hydrogen-bond acceptors (Lipinski definition) is 5. The Labute approximate surface area is 155 Å². The smallest absolute Gasteiger partial charge is 0.244 e. The van der Waals surface area contributed by atoms with E-state index >= 15 is 0 Å². The Morgan fingerprint density at radius 3 is 2.46 bits per heavy atom. The SMILES string of the molecule is COc1ccc(N2CCN(Cc3ccc(N(C)C)nc3)[C@H](C)C2=O)cc1. The van der Waals surface area contributed by atoms with Crippen LogP contribution in [0.1, 0.15) is 12.5 Å². The van der Waals surface area contributed by atoms with Crippen LogP contribution in [-0.2, 0) is 11.3 Å². The van der Waals surface area contributed by atoms with Crippen molar-refractivity contribution in [3.63, 3.8) is 0 Å². The summed E-state index contributed by atoms with van der Waals surface area (Å²) >= 11 is 0. The molecular formula is C20H26N4O2. The van der Waals surface area contributed by atoms with Crippen LogP contribution >= 0.6 is 0 Å². The molecule has 1 aliphatic rings. The number of benzene rings is 1. The summed E-state index contributed by atoms with van der Waals surface area (Å²) in [6.45, 7) is 4.21. The Hall–Kier alpha value is -2.60. The van der Waals surface area contributed by atoms with Crippen molar-refractivity contribution < 1.29 is 9.53 Å². The topological polar surface area (TPSA) is 48.9 Å². The van der Waals surface area contributed by atoms with E-state index in [1.807, 2.05) is 67.3 Å². The minimum Gasteiger partial charge on any atom is -0.497 e. The zero-order valence-corrected chi connectivity index (χ0v) is 15.8. The molecule has 6 heteroatoms. The highest BCUT2D eigenvalue weighted by Crippen LogP contribution is 2.24. The number of ether oxygens (including phenoxy) is 1. The average Bonchev–Trinajstić information content (AvgIpc) is 2.66. The predicted molar refractivity (Wildman–Crippen MR) is 104 cm³/mol. The number of carbonyl (C=O) groups excluding carboxylic acids is 1. The molecule has 2 aromatic rings. The van der Waals surface area contributed by atoms with Crippen LogP contribution in [-0.4, -0.2) is 56.1 Å². The number of piperazine rings is 1. The highest BCUT2D eigenvalue weighted by atomic mass is 16.5. The fourth-order valence-electron chi connectivity index (χ4n) is 3.16. The maximum atomic E-state index is 12.9. The minimum atomic E-state index is -0.167. The Morgan fingerprint density at radius 2 is 1.88 bits per heavy atom. The number of hydrogen-bond donors (Lipinski definition) is 0. The molecule has 138 valence electrons. The summed E-state index contributed by atoms with van der Waals surface area (Å²) in [6.07, 6.45) is 1.89. The quantitative estimate of drug-likeness (QED) is 0.825. The summed E-state index contributed by atoms with van der Waals surface area (Å²) in [5.41, 5.74) is 2.03. The summed E-state index contributed by atoms with van der Waals surface area (Å²) in [6, 6.07) is 11.6. The summed E-state index contributed by atoms with van der Waals surface area (Å²) in [4.78, 5) is 23.3. The molecule has 0 aliphatic carbocycles. The van der Waals surface area contributed by atoms with Gasteiger partial charge in [-0.25, -0.2) is 4.98 Å². The van der Waals surface area contributed by atoms with Crippen molar-refractivity contribution in [2.24, 2.45) is 0 Å². The van der Waals surface area contributed by atoms with Crippen LogP contribution < -0.4 is 14.5 Å². The van der Waals surface area contributed by atoms with Crippen molar-refractivity contribution in [3.05, 3.63) is 48.2 Å². The van der Waals surface area contributed by atoms with Crippen molar-refractivity contribution in [2.45, 2.75) is 19.5 Å². The van der Waals surface area contributed by atoms with Gasteiger partial charge in [-0.2, -0.15) is 0 Å². The van der Waals surface area contributed by atoms with E-state index in [-0.39, 0.29) is 11.9 Å². The van der Waals surface area contributed by atoms with Gasteiger partial charge in [0, 0.05) is 45.6 Å². The van der Waals surface area contributed by atoms with Gasteiger partial charge in [0.15, 0.2) is 0 Å². The van der Waals surface area contributed by atoms with Gasteiger partial charge in [-0.3, -0.25) is 9.69 Å². The third-order valence-corrected chi connectivity index (χ3v) is 4.82. The van der Waals surface area contributed by atoms with Gasteiger partial charge in [0.25, 0.3) is 0 Å². The Balaban J connectivity index is 1.67. The van der Waals surface area contributed by atoms with Gasteiger partial charge in [0.05, 0.1) is 13.2 Å². The van der Waals surface area contributed by atoms with Crippen LogP contribution in [0.25, 0.3) is 0 Å². The van der Waals surface area contributed by atoms with Crippen molar-refractivity contribution in [3.8, 4) is 5.75 Å². The first-order chi connectivity index (χ1) is 12.5. The summed E-state index contributed by atoms with van der Waals surface area (Å²) in [5, 5.41) is 0. The number of anilines is 2. The highest BCUT2D eigenvalue weighted by Gasteiger charge is 2.32. The Kier molecular flexibility index (Phi) is 5.42. The molecular weight excluding hydrogens is 328 g/mol. The third kappa shape index (κ3) is 3.80. The molecule has 3 rings (SSSR count). The summed E-state index contributed by atoms with van der Waals surface area (Å²) < 4.78 is 5.19. The zero-order valence-electron chi connectivity index (χ0n) is 15.8. The lowest BCUT2D eigenvalue weighted by Gasteiger charge is -2.39. The third-order valence-electron chi connectivity index (χ3n) is 4.82. The normalized spacial score (nSPS) is 18.1. The first kappa shape index (κ1) is 18.2. The second kappa shape index (κ2) is 7.74. The van der Waals surface area contributed by atoms with E-state index in [9.17, 15) is 4.79 Å². The number of carbonyl (C=O) groups is 1. The van der Waals surface area contributed by atoms with Crippen LogP contribution in [0.3, 0.4) is 0 Å². The lowest BCUT2D eigenvalue weighted by atomic mass is 10.1. The fraction of sp³-hybridized carbons (Fsp3) is 0.400. The van der Waals surface area contributed by atoms with Crippen molar-refractivity contribution in [2.75, 3.05) is 44.1 Å². The Bertz CT molecular complexity index is 743. The van der Waals surface area contributed by atoms with Gasteiger partial charge < -0.3 is 14.5 Å². The maximum absolute atomic E-state index is 12.9. The molecule has 0 radical (unpaired) electrons.